The topological polar surface area (TPSA) is 96.6 Å². The van der Waals surface area contributed by atoms with Gasteiger partial charge in [-0.25, -0.2) is 13.7 Å². The molecule has 6 rings (SSSR count). The summed E-state index contributed by atoms with van der Waals surface area (Å²) in [5.41, 5.74) is 4.35. The van der Waals surface area contributed by atoms with Gasteiger partial charge in [0.1, 0.15) is 5.82 Å². The van der Waals surface area contributed by atoms with Crippen molar-refractivity contribution in [2.75, 3.05) is 18.4 Å². The second-order valence-corrected chi connectivity index (χ2v) is 11.7. The number of carbonyl (C=O) groups excluding carboxylic acids is 2. The number of hydrogen-bond acceptors (Lipinski definition) is 4. The van der Waals surface area contributed by atoms with E-state index in [1.807, 2.05) is 60.8 Å². The number of rotatable bonds is 6. The Balaban J connectivity index is 1.26. The number of likely N-dealkylation sites (tertiary alicyclic amines) is 1. The number of hydrogen-bond donors (Lipinski definition) is 2. The van der Waals surface area contributed by atoms with E-state index in [0.717, 1.165) is 47.1 Å². The minimum absolute atomic E-state index is 0.186. The molecule has 3 amide bonds. The molecule has 208 valence electrons. The number of anilines is 1. The van der Waals surface area contributed by atoms with Gasteiger partial charge in [-0.1, -0.05) is 31.7 Å². The van der Waals surface area contributed by atoms with Gasteiger partial charge < -0.3 is 14.8 Å². The number of fused-ring (bicyclic) bond motifs is 2. The SMILES string of the molecule is C[Si]C(NC(=O)c1cn(C)c2ccc(-c3ccn4nc(NC(=O)N5CC[C@@H](C)C5)nc4c3)cc12)c1cccc(F)c1. The van der Waals surface area contributed by atoms with Crippen LogP contribution in [0.3, 0.4) is 0 Å². The van der Waals surface area contributed by atoms with Crippen molar-refractivity contribution in [2.24, 2.45) is 13.0 Å². The highest BCUT2D eigenvalue weighted by Gasteiger charge is 2.24. The lowest BCUT2D eigenvalue weighted by atomic mass is 10.0. The van der Waals surface area contributed by atoms with E-state index in [1.165, 1.54) is 12.1 Å². The van der Waals surface area contributed by atoms with Crippen molar-refractivity contribution in [1.29, 1.82) is 0 Å². The van der Waals surface area contributed by atoms with Crippen LogP contribution in [0, 0.1) is 11.7 Å². The fraction of sp³-hybridized carbons (Fsp3) is 0.267. The van der Waals surface area contributed by atoms with Gasteiger partial charge in [-0.3, -0.25) is 10.1 Å². The summed E-state index contributed by atoms with van der Waals surface area (Å²) in [6.07, 6.45) is 4.62. The van der Waals surface area contributed by atoms with Gasteiger partial charge in [0.2, 0.25) is 0 Å². The Morgan fingerprint density at radius 1 is 1.12 bits per heavy atom. The van der Waals surface area contributed by atoms with E-state index in [9.17, 15) is 14.0 Å². The van der Waals surface area contributed by atoms with Gasteiger partial charge in [0, 0.05) is 49.1 Å². The number of aryl methyl sites for hydroxylation is 1. The molecule has 2 radical (unpaired) electrons. The molecule has 0 bridgehead atoms. The number of pyridine rings is 1. The van der Waals surface area contributed by atoms with Gasteiger partial charge in [-0.15, -0.1) is 5.10 Å². The van der Waals surface area contributed by atoms with E-state index in [4.69, 9.17) is 0 Å². The third-order valence-corrected chi connectivity index (χ3v) is 8.64. The number of amides is 3. The lowest BCUT2D eigenvalue weighted by Crippen LogP contribution is -2.33. The van der Waals surface area contributed by atoms with Crippen LogP contribution in [0.5, 0.6) is 0 Å². The van der Waals surface area contributed by atoms with Crippen LogP contribution in [-0.2, 0) is 7.05 Å². The van der Waals surface area contributed by atoms with Gasteiger partial charge in [0.25, 0.3) is 11.9 Å². The zero-order valence-electron chi connectivity index (χ0n) is 23.1. The number of benzene rings is 2. The number of carbonyl (C=O) groups is 2. The maximum Gasteiger partial charge on any atom is 0.324 e. The smallest absolute Gasteiger partial charge is 0.324 e. The Bertz CT molecular complexity index is 1780. The number of nitrogens with zero attached hydrogens (tertiary/aromatic N) is 5. The molecule has 5 aromatic rings. The normalized spacial score (nSPS) is 15.9. The van der Waals surface area contributed by atoms with Crippen molar-refractivity contribution in [3.63, 3.8) is 0 Å². The zero-order valence-corrected chi connectivity index (χ0v) is 24.1. The minimum Gasteiger partial charge on any atom is -0.350 e. The fourth-order valence-corrected chi connectivity index (χ4v) is 6.17. The molecular weight excluding hydrogens is 537 g/mol. The average Bonchev–Trinajstić information content (AvgIpc) is 3.67. The van der Waals surface area contributed by atoms with Crippen molar-refractivity contribution < 1.29 is 14.0 Å². The van der Waals surface area contributed by atoms with E-state index >= 15 is 0 Å². The highest BCUT2D eigenvalue weighted by Crippen LogP contribution is 2.29. The summed E-state index contributed by atoms with van der Waals surface area (Å²) in [6, 6.07) is 16.0. The van der Waals surface area contributed by atoms with Gasteiger partial charge in [0.05, 0.1) is 15.1 Å². The standard InChI is InChI=1S/C30H30FN7O2Si/c1-18-9-11-37(16-18)30(40)34-29-32-26-15-20(10-12-38(26)35-29)19-7-8-25-23(14-19)24(17-36(25)2)27(39)33-28(41-3)21-5-4-6-22(31)13-21/h4-8,10,12-15,17-18,28H,9,11,16H2,1-3H3,(H,33,39)(H,34,35,40)/t18-,28?/m1/s1. The van der Waals surface area contributed by atoms with E-state index in [1.54, 1.807) is 21.7 Å². The molecule has 1 aliphatic rings. The van der Waals surface area contributed by atoms with E-state index in [2.05, 4.69) is 27.6 Å². The van der Waals surface area contributed by atoms with Crippen LogP contribution < -0.4 is 10.6 Å². The predicted octanol–water partition coefficient (Wildman–Crippen LogP) is 5.08. The van der Waals surface area contributed by atoms with Crippen LogP contribution in [0.2, 0.25) is 6.55 Å². The number of urea groups is 1. The van der Waals surface area contributed by atoms with Crippen LogP contribution >= 0.6 is 0 Å². The first-order valence-electron chi connectivity index (χ1n) is 13.5. The third-order valence-electron chi connectivity index (χ3n) is 7.58. The Morgan fingerprint density at radius 2 is 1.95 bits per heavy atom. The van der Waals surface area contributed by atoms with Crippen molar-refractivity contribution >= 4 is 44.0 Å². The van der Waals surface area contributed by atoms with Gasteiger partial charge in [-0.05, 0) is 65.4 Å². The monoisotopic (exact) mass is 567 g/mol. The van der Waals surface area contributed by atoms with Gasteiger partial charge >= 0.3 is 6.03 Å². The average molecular weight is 568 g/mol. The Hall–Kier alpha value is -4.51. The second-order valence-electron chi connectivity index (χ2n) is 10.6. The lowest BCUT2D eigenvalue weighted by molar-refractivity contribution is 0.0949. The summed E-state index contributed by atoms with van der Waals surface area (Å²) in [7, 11) is 2.27. The molecule has 4 heterocycles. The maximum atomic E-state index is 13.8. The molecule has 0 spiro atoms. The first kappa shape index (κ1) is 26.7. The van der Waals surface area contributed by atoms with Crippen molar-refractivity contribution in [3.05, 3.63) is 83.9 Å². The number of nitrogens with one attached hydrogen (secondary N) is 2. The molecule has 2 N–H and O–H groups in total. The fourth-order valence-electron chi connectivity index (χ4n) is 5.38. The van der Waals surface area contributed by atoms with Gasteiger partial charge in [0.15, 0.2) is 5.65 Å². The Kier molecular flexibility index (Phi) is 7.04. The number of aromatic nitrogens is 4. The largest absolute Gasteiger partial charge is 0.350 e. The molecule has 1 saturated heterocycles. The molecule has 1 fully saturated rings. The molecule has 11 heteroatoms. The molecule has 2 aromatic carbocycles. The van der Waals surface area contributed by atoms with E-state index in [-0.39, 0.29) is 29.4 Å². The highest BCUT2D eigenvalue weighted by atomic mass is 28.2. The van der Waals surface area contributed by atoms with Crippen molar-refractivity contribution in [1.82, 2.24) is 29.4 Å². The quantitative estimate of drug-likeness (QED) is 0.280. The van der Waals surface area contributed by atoms with Crippen LogP contribution in [0.15, 0.2) is 67.0 Å². The molecule has 41 heavy (non-hydrogen) atoms. The summed E-state index contributed by atoms with van der Waals surface area (Å²) in [5, 5.41) is 11.1. The number of halogens is 1. The van der Waals surface area contributed by atoms with E-state index in [0.29, 0.717) is 26.6 Å². The Morgan fingerprint density at radius 3 is 2.71 bits per heavy atom. The second kappa shape index (κ2) is 10.8. The molecular formula is C30H30FN7O2Si. The molecule has 1 aliphatic heterocycles. The highest BCUT2D eigenvalue weighted by molar-refractivity contribution is 6.36. The first-order chi connectivity index (χ1) is 19.8. The molecule has 0 aliphatic carbocycles. The molecule has 3 aromatic heterocycles. The van der Waals surface area contributed by atoms with Crippen LogP contribution in [0.25, 0.3) is 27.7 Å². The molecule has 9 nitrogen and oxygen atoms in total. The molecule has 2 atom stereocenters. The minimum atomic E-state index is -0.324. The summed E-state index contributed by atoms with van der Waals surface area (Å²) in [6.45, 7) is 5.59. The van der Waals surface area contributed by atoms with Crippen molar-refractivity contribution in [2.45, 2.75) is 25.6 Å². The zero-order chi connectivity index (χ0) is 28.7. The predicted molar refractivity (Wildman–Crippen MR) is 157 cm³/mol. The first-order valence-corrected chi connectivity index (χ1v) is 15.1. The molecule has 0 saturated carbocycles. The van der Waals surface area contributed by atoms with E-state index < -0.39 is 0 Å². The third kappa shape index (κ3) is 5.32. The maximum absolute atomic E-state index is 13.8. The molecule has 1 unspecified atom stereocenters. The summed E-state index contributed by atoms with van der Waals surface area (Å²) >= 11 is 0. The summed E-state index contributed by atoms with van der Waals surface area (Å²) < 4.78 is 17.4. The lowest BCUT2D eigenvalue weighted by Gasteiger charge is -2.17. The van der Waals surface area contributed by atoms with Crippen LogP contribution in [0.1, 0.15) is 34.9 Å². The summed E-state index contributed by atoms with van der Waals surface area (Å²) in [5.74, 6) is 0.216. The Labute approximate surface area is 239 Å². The van der Waals surface area contributed by atoms with Crippen LogP contribution in [0.4, 0.5) is 15.1 Å². The van der Waals surface area contributed by atoms with Crippen LogP contribution in [-0.4, -0.2) is 58.6 Å². The van der Waals surface area contributed by atoms with Gasteiger partial charge in [-0.2, -0.15) is 4.98 Å². The summed E-state index contributed by atoms with van der Waals surface area (Å²) in [4.78, 5) is 32.3. The van der Waals surface area contributed by atoms with Crippen molar-refractivity contribution in [3.8, 4) is 11.1 Å².